The number of carboxylic acids is 1. The van der Waals surface area contributed by atoms with Gasteiger partial charge in [0.2, 0.25) is 0 Å². The molecule has 166 valence electrons. The maximum atomic E-state index is 11.0. The van der Waals surface area contributed by atoms with Crippen LogP contribution in [0.15, 0.2) is 120 Å². The van der Waals surface area contributed by atoms with E-state index in [1.54, 1.807) is 0 Å². The van der Waals surface area contributed by atoms with Crippen LogP contribution in [-0.2, 0) is 4.79 Å². The molecule has 0 bridgehead atoms. The number of anilines is 1. The van der Waals surface area contributed by atoms with E-state index in [0.717, 1.165) is 50.6 Å². The number of hydrogen-bond donors (Lipinski definition) is 2. The minimum Gasteiger partial charge on any atom is -0.480 e. The molecule has 4 nitrogen and oxygen atoms in total. The molecule has 0 aliphatic carbocycles. The van der Waals surface area contributed by atoms with Crippen molar-refractivity contribution in [1.29, 1.82) is 0 Å². The molecule has 0 amide bonds. The van der Waals surface area contributed by atoms with Crippen molar-refractivity contribution in [2.75, 3.05) is 11.9 Å². The summed E-state index contributed by atoms with van der Waals surface area (Å²) in [6.07, 6.45) is 0. The predicted molar refractivity (Wildman–Crippen MR) is 137 cm³/mol. The van der Waals surface area contributed by atoms with Gasteiger partial charge in [-0.15, -0.1) is 0 Å². The molecule has 0 radical (unpaired) electrons. The maximum absolute atomic E-state index is 11.0. The van der Waals surface area contributed by atoms with Crippen LogP contribution < -0.4 is 5.32 Å². The number of benzene rings is 4. The summed E-state index contributed by atoms with van der Waals surface area (Å²) in [6.45, 7) is -0.135. The van der Waals surface area contributed by atoms with Gasteiger partial charge in [0, 0.05) is 22.4 Å². The first kappa shape index (κ1) is 21.3. The van der Waals surface area contributed by atoms with Crippen LogP contribution in [0, 0.1) is 0 Å². The van der Waals surface area contributed by atoms with Gasteiger partial charge in [0.05, 0.1) is 0 Å². The van der Waals surface area contributed by atoms with Crippen molar-refractivity contribution in [2.45, 2.75) is 0 Å². The molecule has 0 aliphatic rings. The maximum Gasteiger partial charge on any atom is 0.322 e. The molecule has 34 heavy (non-hydrogen) atoms. The van der Waals surface area contributed by atoms with Crippen LogP contribution in [0.3, 0.4) is 0 Å². The van der Waals surface area contributed by atoms with E-state index in [-0.39, 0.29) is 6.54 Å². The van der Waals surface area contributed by atoms with E-state index in [2.05, 4.69) is 47.8 Å². The fraction of sp³-hybridized carbons (Fsp3) is 0.0333. The molecule has 0 unspecified atom stereocenters. The Hall–Kier alpha value is -4.57. The van der Waals surface area contributed by atoms with Gasteiger partial charge in [-0.25, -0.2) is 0 Å². The summed E-state index contributed by atoms with van der Waals surface area (Å²) >= 11 is 0. The summed E-state index contributed by atoms with van der Waals surface area (Å²) in [5.74, 6) is 0.703. The van der Waals surface area contributed by atoms with Gasteiger partial charge < -0.3 is 14.8 Å². The number of nitrogens with one attached hydrogen (secondary N) is 1. The van der Waals surface area contributed by atoms with Gasteiger partial charge in [0.25, 0.3) is 0 Å². The third-order valence-corrected chi connectivity index (χ3v) is 5.66. The highest BCUT2D eigenvalue weighted by molar-refractivity contribution is 5.88. The fourth-order valence-electron chi connectivity index (χ4n) is 4.08. The number of carbonyl (C=O) groups is 1. The molecular formula is C30H23NO3. The topological polar surface area (TPSA) is 62.5 Å². The SMILES string of the molecule is O=C(O)CNc1cccc(-c2ccccc2-c2cc(-c3ccccc3)c(-c3ccccc3)o2)c1. The average Bonchev–Trinajstić information content (AvgIpc) is 3.34. The third kappa shape index (κ3) is 4.48. The average molecular weight is 446 g/mol. The zero-order valence-corrected chi connectivity index (χ0v) is 18.4. The van der Waals surface area contributed by atoms with E-state index >= 15 is 0 Å². The van der Waals surface area contributed by atoms with E-state index in [9.17, 15) is 4.79 Å². The molecule has 5 rings (SSSR count). The van der Waals surface area contributed by atoms with E-state index in [1.807, 2.05) is 72.8 Å². The first-order chi connectivity index (χ1) is 16.7. The molecule has 0 fully saturated rings. The summed E-state index contributed by atoms with van der Waals surface area (Å²) in [4.78, 5) is 11.0. The highest BCUT2D eigenvalue weighted by Gasteiger charge is 2.18. The van der Waals surface area contributed by atoms with Gasteiger partial charge >= 0.3 is 5.97 Å². The Labute approximate surface area is 198 Å². The lowest BCUT2D eigenvalue weighted by molar-refractivity contribution is -0.134. The highest BCUT2D eigenvalue weighted by Crippen LogP contribution is 2.41. The van der Waals surface area contributed by atoms with Gasteiger partial charge in [0.15, 0.2) is 0 Å². The molecule has 4 aromatic carbocycles. The second-order valence-corrected chi connectivity index (χ2v) is 7.96. The van der Waals surface area contributed by atoms with Gasteiger partial charge in [-0.1, -0.05) is 97.1 Å². The molecule has 5 aromatic rings. The molecule has 1 heterocycles. The van der Waals surface area contributed by atoms with E-state index < -0.39 is 5.97 Å². The van der Waals surface area contributed by atoms with Crippen LogP contribution in [0.25, 0.3) is 44.9 Å². The smallest absolute Gasteiger partial charge is 0.322 e. The predicted octanol–water partition coefficient (Wildman–Crippen LogP) is 7.44. The molecule has 1 aromatic heterocycles. The monoisotopic (exact) mass is 445 g/mol. The van der Waals surface area contributed by atoms with Crippen LogP contribution in [0.5, 0.6) is 0 Å². The summed E-state index contributed by atoms with van der Waals surface area (Å²) in [7, 11) is 0. The fourth-order valence-corrected chi connectivity index (χ4v) is 4.08. The number of furan rings is 1. The Kier molecular flexibility index (Phi) is 5.95. The van der Waals surface area contributed by atoms with Crippen molar-refractivity contribution < 1.29 is 14.3 Å². The van der Waals surface area contributed by atoms with Crippen molar-refractivity contribution >= 4 is 11.7 Å². The Bertz CT molecular complexity index is 1370. The van der Waals surface area contributed by atoms with Crippen LogP contribution in [0.4, 0.5) is 5.69 Å². The molecule has 2 N–H and O–H groups in total. The summed E-state index contributed by atoms with van der Waals surface area (Å²) in [6, 6.07) is 38.3. The molecule has 0 atom stereocenters. The van der Waals surface area contributed by atoms with Gasteiger partial charge in [-0.05, 0) is 34.9 Å². The lowest BCUT2D eigenvalue weighted by Gasteiger charge is -2.10. The Morgan fingerprint density at radius 2 is 1.26 bits per heavy atom. The lowest BCUT2D eigenvalue weighted by Crippen LogP contribution is -2.12. The normalized spacial score (nSPS) is 10.7. The molecule has 4 heteroatoms. The molecule has 0 spiro atoms. The number of rotatable bonds is 7. The van der Waals surface area contributed by atoms with Crippen LogP contribution in [0.2, 0.25) is 0 Å². The largest absolute Gasteiger partial charge is 0.480 e. The van der Waals surface area contributed by atoms with Crippen molar-refractivity contribution in [3.63, 3.8) is 0 Å². The van der Waals surface area contributed by atoms with Crippen LogP contribution >= 0.6 is 0 Å². The van der Waals surface area contributed by atoms with E-state index in [0.29, 0.717) is 0 Å². The summed E-state index contributed by atoms with van der Waals surface area (Å²) in [5, 5.41) is 11.9. The van der Waals surface area contributed by atoms with E-state index in [1.165, 1.54) is 0 Å². The number of carboxylic acid groups (broad SMARTS) is 1. The third-order valence-electron chi connectivity index (χ3n) is 5.66. The van der Waals surface area contributed by atoms with Crippen molar-refractivity contribution in [1.82, 2.24) is 0 Å². The first-order valence-corrected chi connectivity index (χ1v) is 11.1. The minimum atomic E-state index is -0.900. The summed E-state index contributed by atoms with van der Waals surface area (Å²) < 4.78 is 6.52. The second kappa shape index (κ2) is 9.51. The zero-order chi connectivity index (χ0) is 23.3. The van der Waals surface area contributed by atoms with Crippen molar-refractivity contribution in [3.05, 3.63) is 115 Å². The number of aliphatic carboxylic acids is 1. The number of hydrogen-bond acceptors (Lipinski definition) is 3. The first-order valence-electron chi connectivity index (χ1n) is 11.1. The van der Waals surface area contributed by atoms with Gasteiger partial charge in [-0.3, -0.25) is 4.79 Å². The second-order valence-electron chi connectivity index (χ2n) is 7.96. The van der Waals surface area contributed by atoms with Crippen molar-refractivity contribution in [2.24, 2.45) is 0 Å². The minimum absolute atomic E-state index is 0.135. The van der Waals surface area contributed by atoms with Gasteiger partial charge in [0.1, 0.15) is 18.1 Å². The Balaban J connectivity index is 1.62. The van der Waals surface area contributed by atoms with Crippen LogP contribution in [-0.4, -0.2) is 17.6 Å². The zero-order valence-electron chi connectivity index (χ0n) is 18.4. The Morgan fingerprint density at radius 3 is 1.97 bits per heavy atom. The standard InChI is InChI=1S/C30H23NO3/c32-29(33)20-31-24-15-9-14-23(18-24)25-16-7-8-17-26(25)28-19-27(21-10-3-1-4-11-21)30(34-28)22-12-5-2-6-13-22/h1-19,31H,20H2,(H,32,33). The molecule has 0 saturated carbocycles. The molecular weight excluding hydrogens is 422 g/mol. The quantitative estimate of drug-likeness (QED) is 0.273. The van der Waals surface area contributed by atoms with E-state index in [4.69, 9.17) is 9.52 Å². The van der Waals surface area contributed by atoms with Crippen molar-refractivity contribution in [3.8, 4) is 44.9 Å². The molecule has 0 aliphatic heterocycles. The lowest BCUT2D eigenvalue weighted by atomic mass is 9.96. The Morgan fingerprint density at radius 1 is 0.647 bits per heavy atom. The van der Waals surface area contributed by atoms with Gasteiger partial charge in [-0.2, -0.15) is 0 Å². The molecule has 0 saturated heterocycles. The summed E-state index contributed by atoms with van der Waals surface area (Å²) in [5.41, 5.74) is 6.85. The highest BCUT2D eigenvalue weighted by atomic mass is 16.4. The van der Waals surface area contributed by atoms with Crippen LogP contribution in [0.1, 0.15) is 0 Å².